The van der Waals surface area contributed by atoms with Gasteiger partial charge in [0.15, 0.2) is 5.82 Å². The van der Waals surface area contributed by atoms with Crippen molar-refractivity contribution in [2.24, 2.45) is 7.05 Å². The zero-order valence-electron chi connectivity index (χ0n) is 19.4. The van der Waals surface area contributed by atoms with Crippen LogP contribution in [-0.4, -0.2) is 30.6 Å². The second-order valence-electron chi connectivity index (χ2n) is 8.70. The minimum atomic E-state index is 0.0255. The molecule has 8 nitrogen and oxygen atoms in total. The van der Waals surface area contributed by atoms with E-state index in [1.54, 1.807) is 4.68 Å². The Balaban J connectivity index is 1.40. The van der Waals surface area contributed by atoms with Crippen molar-refractivity contribution >= 4 is 56.9 Å². The zero-order chi connectivity index (χ0) is 24.3. The number of aromatic nitrogens is 5. The fraction of sp³-hybridized carbons (Fsp3) is 0.154. The number of halogens is 1. The van der Waals surface area contributed by atoms with Crippen molar-refractivity contribution in [3.63, 3.8) is 0 Å². The van der Waals surface area contributed by atoms with Crippen molar-refractivity contribution in [1.29, 1.82) is 0 Å². The quantitative estimate of drug-likeness (QED) is 0.277. The van der Waals surface area contributed by atoms with Crippen LogP contribution in [0.15, 0.2) is 54.9 Å². The average molecular weight is 575 g/mol. The highest BCUT2D eigenvalue weighted by Gasteiger charge is 2.31. The summed E-state index contributed by atoms with van der Waals surface area (Å²) in [4.78, 5) is 27.8. The SMILES string of the molecule is Cc1cnc(Nc2cc(C)n(C)n2)nc1-c1c[nH]c2c(N3Cc4c(I)cccc4C3=O)cccc12. The summed E-state index contributed by atoms with van der Waals surface area (Å²) in [6.45, 7) is 4.55. The van der Waals surface area contributed by atoms with Crippen molar-refractivity contribution in [1.82, 2.24) is 24.7 Å². The molecule has 0 saturated heterocycles. The summed E-state index contributed by atoms with van der Waals surface area (Å²) in [6, 6.07) is 13.9. The normalized spacial score (nSPS) is 13.0. The van der Waals surface area contributed by atoms with Crippen molar-refractivity contribution in [2.45, 2.75) is 20.4 Å². The van der Waals surface area contributed by atoms with Gasteiger partial charge in [0.1, 0.15) is 0 Å². The van der Waals surface area contributed by atoms with E-state index in [1.165, 1.54) is 0 Å². The van der Waals surface area contributed by atoms with Gasteiger partial charge in [0.05, 0.1) is 23.4 Å². The largest absolute Gasteiger partial charge is 0.359 e. The van der Waals surface area contributed by atoms with Gasteiger partial charge in [-0.25, -0.2) is 9.97 Å². The van der Waals surface area contributed by atoms with Crippen LogP contribution in [0, 0.1) is 17.4 Å². The highest BCUT2D eigenvalue weighted by atomic mass is 127. The molecule has 1 amide bonds. The summed E-state index contributed by atoms with van der Waals surface area (Å²) in [5.41, 5.74) is 7.40. The topological polar surface area (TPSA) is 91.7 Å². The molecule has 0 bridgehead atoms. The molecule has 0 aliphatic carbocycles. The molecule has 0 spiro atoms. The number of para-hydroxylation sites is 1. The molecule has 0 saturated carbocycles. The number of nitrogens with zero attached hydrogens (tertiary/aromatic N) is 5. The van der Waals surface area contributed by atoms with Gasteiger partial charge in [0, 0.05) is 51.3 Å². The maximum atomic E-state index is 13.2. The van der Waals surface area contributed by atoms with Gasteiger partial charge < -0.3 is 15.2 Å². The van der Waals surface area contributed by atoms with Gasteiger partial charge in [-0.2, -0.15) is 5.10 Å². The summed E-state index contributed by atoms with van der Waals surface area (Å²) >= 11 is 2.30. The van der Waals surface area contributed by atoms with Gasteiger partial charge in [-0.05, 0) is 65.8 Å². The first-order valence-electron chi connectivity index (χ1n) is 11.2. The van der Waals surface area contributed by atoms with E-state index in [9.17, 15) is 4.79 Å². The molecule has 174 valence electrons. The van der Waals surface area contributed by atoms with Gasteiger partial charge in [-0.3, -0.25) is 9.48 Å². The third-order valence-electron chi connectivity index (χ3n) is 6.48. The molecular weight excluding hydrogens is 553 g/mol. The van der Waals surface area contributed by atoms with E-state index in [4.69, 9.17) is 4.98 Å². The van der Waals surface area contributed by atoms with Crippen LogP contribution in [0.3, 0.4) is 0 Å². The van der Waals surface area contributed by atoms with E-state index in [1.807, 2.05) is 74.6 Å². The molecule has 2 N–H and O–H groups in total. The molecule has 0 atom stereocenters. The van der Waals surface area contributed by atoms with Crippen molar-refractivity contribution in [2.75, 3.05) is 10.2 Å². The van der Waals surface area contributed by atoms with Gasteiger partial charge in [-0.1, -0.05) is 18.2 Å². The Hall–Kier alpha value is -3.73. The van der Waals surface area contributed by atoms with Crippen LogP contribution in [0.2, 0.25) is 0 Å². The van der Waals surface area contributed by atoms with Crippen molar-refractivity contribution < 1.29 is 4.79 Å². The van der Waals surface area contributed by atoms with Gasteiger partial charge in [-0.15, -0.1) is 0 Å². The van der Waals surface area contributed by atoms with E-state index >= 15 is 0 Å². The molecule has 5 aromatic rings. The first-order chi connectivity index (χ1) is 16.9. The van der Waals surface area contributed by atoms with Crippen LogP contribution >= 0.6 is 22.6 Å². The number of anilines is 3. The molecule has 1 aliphatic rings. The number of hydrogen-bond donors (Lipinski definition) is 2. The third kappa shape index (κ3) is 3.57. The molecule has 0 fully saturated rings. The Morgan fingerprint density at radius 3 is 2.71 bits per heavy atom. The first kappa shape index (κ1) is 21.8. The van der Waals surface area contributed by atoms with E-state index in [0.29, 0.717) is 18.3 Å². The summed E-state index contributed by atoms with van der Waals surface area (Å²) in [5, 5.41) is 8.64. The van der Waals surface area contributed by atoms with E-state index in [2.05, 4.69) is 49.0 Å². The van der Waals surface area contributed by atoms with Gasteiger partial charge in [0.2, 0.25) is 5.95 Å². The molecule has 1 aliphatic heterocycles. The van der Waals surface area contributed by atoms with E-state index in [-0.39, 0.29) is 5.91 Å². The van der Waals surface area contributed by atoms with Crippen molar-refractivity contribution in [3.05, 3.63) is 80.8 Å². The predicted octanol–water partition coefficient (Wildman–Crippen LogP) is 5.48. The lowest BCUT2D eigenvalue weighted by molar-refractivity contribution is 0.0997. The van der Waals surface area contributed by atoms with E-state index in [0.717, 1.165) is 53.8 Å². The molecule has 9 heteroatoms. The van der Waals surface area contributed by atoms with Gasteiger partial charge >= 0.3 is 0 Å². The predicted molar refractivity (Wildman–Crippen MR) is 145 cm³/mol. The molecule has 6 rings (SSSR count). The lowest BCUT2D eigenvalue weighted by Gasteiger charge is -2.17. The van der Waals surface area contributed by atoms with Crippen LogP contribution in [0.25, 0.3) is 22.2 Å². The fourth-order valence-corrected chi connectivity index (χ4v) is 5.23. The second-order valence-corrected chi connectivity index (χ2v) is 9.87. The third-order valence-corrected chi connectivity index (χ3v) is 7.49. The van der Waals surface area contributed by atoms with Crippen LogP contribution in [-0.2, 0) is 13.6 Å². The summed E-state index contributed by atoms with van der Waals surface area (Å²) in [5.74, 6) is 1.20. The summed E-state index contributed by atoms with van der Waals surface area (Å²) in [6.07, 6.45) is 3.77. The Kier molecular flexibility index (Phi) is 5.10. The van der Waals surface area contributed by atoms with Crippen LogP contribution in [0.5, 0.6) is 0 Å². The Labute approximate surface area is 215 Å². The number of fused-ring (bicyclic) bond motifs is 2. The number of carbonyl (C=O) groups is 1. The standard InChI is InChI=1S/C26H22IN7O/c1-14-11-29-26(30-22-10-15(2)33(3)32-22)31-23(14)18-12-28-24-16(18)6-5-9-21(24)34-13-19-17(25(34)35)7-4-8-20(19)27/h4-12,28H,13H2,1-3H3,(H,29,30,31,32). The lowest BCUT2D eigenvalue weighted by atomic mass is 10.1. The number of rotatable bonds is 4. The number of aromatic amines is 1. The first-order valence-corrected chi connectivity index (χ1v) is 12.3. The molecular formula is C26H22IN7O. The number of benzene rings is 2. The molecule has 0 radical (unpaired) electrons. The number of aryl methyl sites for hydroxylation is 3. The van der Waals surface area contributed by atoms with Crippen LogP contribution in [0.4, 0.5) is 17.5 Å². The maximum Gasteiger partial charge on any atom is 0.259 e. The molecule has 35 heavy (non-hydrogen) atoms. The number of hydrogen-bond acceptors (Lipinski definition) is 5. The minimum absolute atomic E-state index is 0.0255. The Morgan fingerprint density at radius 1 is 1.11 bits per heavy atom. The molecule has 0 unspecified atom stereocenters. The molecule has 3 aromatic heterocycles. The molecule has 4 heterocycles. The number of nitrogens with one attached hydrogen (secondary N) is 2. The van der Waals surface area contributed by atoms with Gasteiger partial charge in [0.25, 0.3) is 5.91 Å². The maximum absolute atomic E-state index is 13.2. The van der Waals surface area contributed by atoms with Crippen molar-refractivity contribution in [3.8, 4) is 11.3 Å². The van der Waals surface area contributed by atoms with Crippen LogP contribution < -0.4 is 10.2 Å². The Morgan fingerprint density at radius 2 is 1.94 bits per heavy atom. The van der Waals surface area contributed by atoms with Crippen LogP contribution in [0.1, 0.15) is 27.2 Å². The number of carbonyl (C=O) groups excluding carboxylic acids is 1. The lowest BCUT2D eigenvalue weighted by Crippen LogP contribution is -2.23. The average Bonchev–Trinajstić information content (AvgIpc) is 3.51. The zero-order valence-corrected chi connectivity index (χ0v) is 21.6. The molecule has 2 aromatic carbocycles. The number of amides is 1. The summed E-state index contributed by atoms with van der Waals surface area (Å²) < 4.78 is 2.91. The second kappa shape index (κ2) is 8.19. The van der Waals surface area contributed by atoms with E-state index < -0.39 is 0 Å². The fourth-order valence-electron chi connectivity index (χ4n) is 4.56. The Bertz CT molecular complexity index is 1620. The highest BCUT2D eigenvalue weighted by molar-refractivity contribution is 14.1. The number of H-pyrrole nitrogens is 1. The minimum Gasteiger partial charge on any atom is -0.359 e. The summed E-state index contributed by atoms with van der Waals surface area (Å²) in [7, 11) is 1.90. The highest BCUT2D eigenvalue weighted by Crippen LogP contribution is 2.38. The smallest absolute Gasteiger partial charge is 0.259 e. The monoisotopic (exact) mass is 575 g/mol.